The molecule has 1 aromatic carbocycles. The van der Waals surface area contributed by atoms with Gasteiger partial charge in [-0.1, -0.05) is 35.6 Å². The predicted molar refractivity (Wildman–Crippen MR) is 84.0 cm³/mol. The van der Waals surface area contributed by atoms with Crippen molar-refractivity contribution >= 4 is 17.5 Å². The summed E-state index contributed by atoms with van der Waals surface area (Å²) in [5.74, 6) is 5.59. The Kier molecular flexibility index (Phi) is 5.04. The van der Waals surface area contributed by atoms with Crippen LogP contribution < -0.4 is 11.1 Å². The summed E-state index contributed by atoms with van der Waals surface area (Å²) in [5.41, 5.74) is 7.77. The molecule has 3 N–H and O–H groups in total. The Labute approximate surface area is 128 Å². The molecule has 108 valence electrons. The van der Waals surface area contributed by atoms with Crippen LogP contribution in [0.15, 0.2) is 36.5 Å². The third kappa shape index (κ3) is 4.12. The molecule has 0 spiro atoms. The number of hydrogen-bond donors (Lipinski definition) is 2. The number of nitrogens with one attached hydrogen (secondary N) is 1. The number of nitrogens with two attached hydrogens (primary N) is 1. The zero-order valence-corrected chi connectivity index (χ0v) is 12.4. The summed E-state index contributed by atoms with van der Waals surface area (Å²) < 4.78 is 1.70. The number of hydrogen-bond acceptors (Lipinski definition) is 2. The first-order chi connectivity index (χ1) is 10.1. The first-order valence-electron chi connectivity index (χ1n) is 6.48. The number of aryl methyl sites for hydroxylation is 1. The zero-order chi connectivity index (χ0) is 15.2. The third-order valence-electron chi connectivity index (χ3n) is 2.95. The Morgan fingerprint density at radius 2 is 2.10 bits per heavy atom. The van der Waals surface area contributed by atoms with E-state index in [0.717, 1.165) is 11.1 Å². The standard InChI is InChI=1S/C16H16ClN3O/c1-20-11-14(17)9-15(20)16(21)19-10-13-6-4-12(5-7-13)3-2-8-18/h4-7,9,11H,8,10,18H2,1H3,(H,19,21). The van der Waals surface area contributed by atoms with Crippen molar-refractivity contribution in [3.05, 3.63) is 58.4 Å². The first kappa shape index (κ1) is 15.2. The molecular weight excluding hydrogens is 286 g/mol. The predicted octanol–water partition coefficient (Wildman–Crippen LogP) is 1.92. The average molecular weight is 302 g/mol. The molecule has 0 aliphatic rings. The van der Waals surface area contributed by atoms with Gasteiger partial charge >= 0.3 is 0 Å². The molecule has 0 aliphatic heterocycles. The Bertz CT molecular complexity index is 693. The van der Waals surface area contributed by atoms with Gasteiger partial charge in [-0.2, -0.15) is 0 Å². The van der Waals surface area contributed by atoms with Crippen LogP contribution in [0.1, 0.15) is 21.6 Å². The smallest absolute Gasteiger partial charge is 0.268 e. The second-order valence-electron chi connectivity index (χ2n) is 4.54. The number of benzene rings is 1. The maximum atomic E-state index is 12.0. The fourth-order valence-electron chi connectivity index (χ4n) is 1.88. The maximum absolute atomic E-state index is 12.0. The van der Waals surface area contributed by atoms with E-state index in [9.17, 15) is 4.79 Å². The molecule has 0 aliphatic carbocycles. The summed E-state index contributed by atoms with van der Waals surface area (Å²) in [5, 5.41) is 3.40. The van der Waals surface area contributed by atoms with Crippen LogP contribution in [0.2, 0.25) is 5.02 Å². The second kappa shape index (κ2) is 6.98. The Hall–Kier alpha value is -2.22. The number of rotatable bonds is 3. The molecule has 0 bridgehead atoms. The average Bonchev–Trinajstić information content (AvgIpc) is 2.82. The molecule has 0 saturated carbocycles. The van der Waals surface area contributed by atoms with Crippen molar-refractivity contribution in [2.24, 2.45) is 12.8 Å². The van der Waals surface area contributed by atoms with Crippen molar-refractivity contribution in [2.75, 3.05) is 6.54 Å². The molecule has 1 heterocycles. The second-order valence-corrected chi connectivity index (χ2v) is 4.98. The van der Waals surface area contributed by atoms with E-state index in [1.54, 1.807) is 23.9 Å². The Morgan fingerprint density at radius 3 is 2.67 bits per heavy atom. The summed E-state index contributed by atoms with van der Waals surface area (Å²) in [6.45, 7) is 0.795. The van der Waals surface area contributed by atoms with Crippen molar-refractivity contribution in [1.82, 2.24) is 9.88 Å². The topological polar surface area (TPSA) is 60.0 Å². The van der Waals surface area contributed by atoms with E-state index >= 15 is 0 Å². The Balaban J connectivity index is 1.96. The van der Waals surface area contributed by atoms with Crippen molar-refractivity contribution < 1.29 is 4.79 Å². The summed E-state index contributed by atoms with van der Waals surface area (Å²) in [7, 11) is 1.78. The SMILES string of the molecule is Cn1cc(Cl)cc1C(=O)NCc1ccc(C#CCN)cc1. The molecule has 2 aromatic rings. The molecule has 0 unspecified atom stereocenters. The lowest BCUT2D eigenvalue weighted by atomic mass is 10.1. The fourth-order valence-corrected chi connectivity index (χ4v) is 2.13. The van der Waals surface area contributed by atoms with E-state index in [1.165, 1.54) is 0 Å². The highest BCUT2D eigenvalue weighted by molar-refractivity contribution is 6.31. The van der Waals surface area contributed by atoms with Gasteiger partial charge < -0.3 is 15.6 Å². The molecule has 0 fully saturated rings. The number of halogens is 1. The van der Waals surface area contributed by atoms with E-state index in [4.69, 9.17) is 17.3 Å². The lowest BCUT2D eigenvalue weighted by molar-refractivity contribution is 0.0943. The summed E-state index contributed by atoms with van der Waals surface area (Å²) in [6, 6.07) is 9.31. The van der Waals surface area contributed by atoms with Crippen molar-refractivity contribution in [2.45, 2.75) is 6.54 Å². The highest BCUT2D eigenvalue weighted by Gasteiger charge is 2.10. The minimum atomic E-state index is -0.156. The molecule has 0 atom stereocenters. The monoisotopic (exact) mass is 301 g/mol. The summed E-state index contributed by atoms with van der Waals surface area (Å²) >= 11 is 5.86. The van der Waals surface area contributed by atoms with Gasteiger partial charge in [0.15, 0.2) is 0 Å². The molecule has 4 nitrogen and oxygen atoms in total. The van der Waals surface area contributed by atoms with Crippen LogP contribution in [-0.4, -0.2) is 17.0 Å². The lowest BCUT2D eigenvalue weighted by Gasteiger charge is -2.06. The number of carbonyl (C=O) groups is 1. The van der Waals surface area contributed by atoms with Crippen LogP contribution in [0.4, 0.5) is 0 Å². The molecular formula is C16H16ClN3O. The van der Waals surface area contributed by atoms with Crippen LogP contribution in [0, 0.1) is 11.8 Å². The van der Waals surface area contributed by atoms with Gasteiger partial charge in [-0.15, -0.1) is 0 Å². The van der Waals surface area contributed by atoms with E-state index in [-0.39, 0.29) is 5.91 Å². The number of carbonyl (C=O) groups excluding carboxylic acids is 1. The fraction of sp³-hybridized carbons (Fsp3) is 0.188. The largest absolute Gasteiger partial charge is 0.347 e. The minimum Gasteiger partial charge on any atom is -0.347 e. The summed E-state index contributed by atoms with van der Waals surface area (Å²) in [6.07, 6.45) is 1.70. The molecule has 21 heavy (non-hydrogen) atoms. The van der Waals surface area contributed by atoms with Crippen LogP contribution in [-0.2, 0) is 13.6 Å². The van der Waals surface area contributed by atoms with Gasteiger partial charge in [-0.05, 0) is 23.8 Å². The van der Waals surface area contributed by atoms with E-state index in [2.05, 4.69) is 17.2 Å². The van der Waals surface area contributed by atoms with Crippen LogP contribution in [0.3, 0.4) is 0 Å². The van der Waals surface area contributed by atoms with Gasteiger partial charge in [-0.25, -0.2) is 0 Å². The lowest BCUT2D eigenvalue weighted by Crippen LogP contribution is -2.24. The number of amides is 1. The quantitative estimate of drug-likeness (QED) is 0.851. The zero-order valence-electron chi connectivity index (χ0n) is 11.7. The molecule has 1 aromatic heterocycles. The highest BCUT2D eigenvalue weighted by Crippen LogP contribution is 2.12. The maximum Gasteiger partial charge on any atom is 0.268 e. The van der Waals surface area contributed by atoms with Crippen LogP contribution >= 0.6 is 11.6 Å². The van der Waals surface area contributed by atoms with E-state index in [1.807, 2.05) is 24.3 Å². The molecule has 0 radical (unpaired) electrons. The Morgan fingerprint density at radius 1 is 1.38 bits per heavy atom. The normalized spacial score (nSPS) is 9.86. The third-order valence-corrected chi connectivity index (χ3v) is 3.15. The van der Waals surface area contributed by atoms with Crippen LogP contribution in [0.25, 0.3) is 0 Å². The van der Waals surface area contributed by atoms with Crippen molar-refractivity contribution in [1.29, 1.82) is 0 Å². The van der Waals surface area contributed by atoms with E-state index in [0.29, 0.717) is 23.8 Å². The molecule has 5 heteroatoms. The first-order valence-corrected chi connectivity index (χ1v) is 6.86. The van der Waals surface area contributed by atoms with Gasteiger partial charge in [0.2, 0.25) is 0 Å². The van der Waals surface area contributed by atoms with Gasteiger partial charge in [0.25, 0.3) is 5.91 Å². The molecule has 1 amide bonds. The number of aromatic nitrogens is 1. The van der Waals surface area contributed by atoms with Crippen molar-refractivity contribution in [3.63, 3.8) is 0 Å². The molecule has 0 saturated heterocycles. The van der Waals surface area contributed by atoms with Gasteiger partial charge in [0.05, 0.1) is 11.6 Å². The van der Waals surface area contributed by atoms with Gasteiger partial charge in [-0.3, -0.25) is 4.79 Å². The van der Waals surface area contributed by atoms with Gasteiger partial charge in [0, 0.05) is 25.4 Å². The summed E-state index contributed by atoms with van der Waals surface area (Å²) in [4.78, 5) is 12.0. The molecule has 2 rings (SSSR count). The number of nitrogens with zero attached hydrogens (tertiary/aromatic N) is 1. The van der Waals surface area contributed by atoms with Crippen LogP contribution in [0.5, 0.6) is 0 Å². The van der Waals surface area contributed by atoms with Crippen molar-refractivity contribution in [3.8, 4) is 11.8 Å². The van der Waals surface area contributed by atoms with Gasteiger partial charge in [0.1, 0.15) is 5.69 Å². The highest BCUT2D eigenvalue weighted by atomic mass is 35.5. The van der Waals surface area contributed by atoms with E-state index < -0.39 is 0 Å². The minimum absolute atomic E-state index is 0.156.